The molecule has 1 heterocycles. The van der Waals surface area contributed by atoms with E-state index in [1.165, 1.54) is 0 Å². The molecule has 0 aliphatic carbocycles. The van der Waals surface area contributed by atoms with E-state index in [4.69, 9.17) is 4.74 Å². The zero-order chi connectivity index (χ0) is 15.0. The Balaban J connectivity index is 1.95. The highest BCUT2D eigenvalue weighted by Gasteiger charge is 2.35. The molecule has 1 aliphatic rings. The molecule has 0 radical (unpaired) electrons. The number of carbonyl (C=O) groups is 1. The van der Waals surface area contributed by atoms with Crippen LogP contribution in [0.4, 0.5) is 0 Å². The van der Waals surface area contributed by atoms with Crippen LogP contribution in [-0.4, -0.2) is 20.1 Å². The van der Waals surface area contributed by atoms with Crippen LogP contribution in [0.15, 0.2) is 53.4 Å². The minimum Gasteiger partial charge on any atom is -0.453 e. The summed E-state index contributed by atoms with van der Waals surface area (Å²) in [5, 5.41) is 0. The molecule has 0 saturated heterocycles. The van der Waals surface area contributed by atoms with E-state index >= 15 is 0 Å². The fraction of sp³-hybridized carbons (Fsp3) is 0.188. The number of ether oxygens (including phenoxy) is 1. The number of hydrogen-bond acceptors (Lipinski definition) is 4. The maximum Gasteiger partial charge on any atom is 0.339 e. The SMILES string of the molecule is Cc1cccc2c1C(=O)OC2CS(=O)(=O)c1ccccc1. The monoisotopic (exact) mass is 302 g/mol. The molecule has 1 atom stereocenters. The second-order valence-electron chi connectivity index (χ2n) is 5.03. The zero-order valence-electron chi connectivity index (χ0n) is 11.4. The lowest BCUT2D eigenvalue weighted by atomic mass is 10.0. The van der Waals surface area contributed by atoms with Gasteiger partial charge in [0.25, 0.3) is 0 Å². The number of benzene rings is 2. The number of esters is 1. The first-order valence-corrected chi connectivity index (χ1v) is 8.22. The van der Waals surface area contributed by atoms with Crippen molar-refractivity contribution in [3.63, 3.8) is 0 Å². The summed E-state index contributed by atoms with van der Waals surface area (Å²) in [4.78, 5) is 12.1. The predicted molar refractivity (Wildman–Crippen MR) is 77.8 cm³/mol. The third-order valence-electron chi connectivity index (χ3n) is 3.58. The van der Waals surface area contributed by atoms with E-state index in [1.807, 2.05) is 13.0 Å². The van der Waals surface area contributed by atoms with Gasteiger partial charge in [0.15, 0.2) is 9.84 Å². The number of carbonyl (C=O) groups excluding carboxylic acids is 1. The molecule has 5 heteroatoms. The van der Waals surface area contributed by atoms with Crippen molar-refractivity contribution < 1.29 is 17.9 Å². The van der Waals surface area contributed by atoms with E-state index in [0.717, 1.165) is 5.56 Å². The second-order valence-corrected chi connectivity index (χ2v) is 7.06. The highest BCUT2D eigenvalue weighted by Crippen LogP contribution is 2.34. The summed E-state index contributed by atoms with van der Waals surface area (Å²) in [6.07, 6.45) is -0.738. The van der Waals surface area contributed by atoms with E-state index in [2.05, 4.69) is 0 Å². The van der Waals surface area contributed by atoms with Gasteiger partial charge in [0.1, 0.15) is 6.10 Å². The summed E-state index contributed by atoms with van der Waals surface area (Å²) in [5.74, 6) is -0.685. The van der Waals surface area contributed by atoms with Gasteiger partial charge in [-0.15, -0.1) is 0 Å². The molecule has 0 spiro atoms. The summed E-state index contributed by atoms with van der Waals surface area (Å²) in [7, 11) is -3.50. The highest BCUT2D eigenvalue weighted by molar-refractivity contribution is 7.91. The lowest BCUT2D eigenvalue weighted by molar-refractivity contribution is 0.0427. The Morgan fingerprint density at radius 1 is 1.05 bits per heavy atom. The first-order chi connectivity index (χ1) is 9.99. The van der Waals surface area contributed by atoms with Crippen molar-refractivity contribution in [3.8, 4) is 0 Å². The van der Waals surface area contributed by atoms with Crippen molar-refractivity contribution in [2.24, 2.45) is 0 Å². The highest BCUT2D eigenvalue weighted by atomic mass is 32.2. The normalized spacial score (nSPS) is 17.4. The Bertz CT molecular complexity index is 794. The Hall–Kier alpha value is -2.14. The van der Waals surface area contributed by atoms with Crippen LogP contribution < -0.4 is 0 Å². The van der Waals surface area contributed by atoms with Crippen molar-refractivity contribution >= 4 is 15.8 Å². The number of aryl methyl sites for hydroxylation is 1. The van der Waals surface area contributed by atoms with Crippen LogP contribution in [0.25, 0.3) is 0 Å². The molecule has 2 aromatic carbocycles. The number of sulfone groups is 1. The summed E-state index contributed by atoms with van der Waals surface area (Å²) in [6, 6.07) is 13.6. The van der Waals surface area contributed by atoms with Gasteiger partial charge in [0, 0.05) is 5.56 Å². The largest absolute Gasteiger partial charge is 0.453 e. The maximum absolute atomic E-state index is 12.4. The lowest BCUT2D eigenvalue weighted by Crippen LogP contribution is -2.15. The van der Waals surface area contributed by atoms with Crippen LogP contribution in [-0.2, 0) is 14.6 Å². The summed E-state index contributed by atoms with van der Waals surface area (Å²) in [6.45, 7) is 1.81. The minimum absolute atomic E-state index is 0.237. The number of cyclic esters (lactones) is 1. The Morgan fingerprint density at radius 2 is 1.76 bits per heavy atom. The Kier molecular flexibility index (Phi) is 3.29. The van der Waals surface area contributed by atoms with E-state index < -0.39 is 21.9 Å². The first kappa shape index (κ1) is 13.8. The van der Waals surface area contributed by atoms with Crippen molar-refractivity contribution in [3.05, 3.63) is 65.2 Å². The molecule has 0 N–H and O–H groups in total. The van der Waals surface area contributed by atoms with Gasteiger partial charge in [-0.3, -0.25) is 0 Å². The van der Waals surface area contributed by atoms with Gasteiger partial charge >= 0.3 is 5.97 Å². The van der Waals surface area contributed by atoms with Gasteiger partial charge in [-0.25, -0.2) is 13.2 Å². The molecular weight excluding hydrogens is 288 g/mol. The van der Waals surface area contributed by atoms with Gasteiger partial charge in [-0.2, -0.15) is 0 Å². The predicted octanol–water partition coefficient (Wildman–Crippen LogP) is 2.68. The van der Waals surface area contributed by atoms with Gasteiger partial charge in [0.05, 0.1) is 16.2 Å². The van der Waals surface area contributed by atoms with Gasteiger partial charge in [-0.1, -0.05) is 36.4 Å². The molecule has 0 saturated carbocycles. The molecule has 3 rings (SSSR count). The third kappa shape index (κ3) is 2.45. The molecular formula is C16H14O4S. The average Bonchev–Trinajstić information content (AvgIpc) is 2.77. The average molecular weight is 302 g/mol. The Labute approximate surface area is 123 Å². The van der Waals surface area contributed by atoms with E-state index in [1.54, 1.807) is 42.5 Å². The molecule has 0 amide bonds. The lowest BCUT2D eigenvalue weighted by Gasteiger charge is -2.11. The van der Waals surface area contributed by atoms with Crippen LogP contribution >= 0.6 is 0 Å². The summed E-state index contributed by atoms with van der Waals surface area (Å²) < 4.78 is 30.0. The van der Waals surface area contributed by atoms with Crippen LogP contribution in [0, 0.1) is 6.92 Å². The minimum atomic E-state index is -3.50. The van der Waals surface area contributed by atoms with E-state index in [9.17, 15) is 13.2 Å². The van der Waals surface area contributed by atoms with Crippen LogP contribution in [0.3, 0.4) is 0 Å². The molecule has 0 fully saturated rings. The summed E-state index contributed by atoms with van der Waals surface area (Å²) >= 11 is 0. The molecule has 4 nitrogen and oxygen atoms in total. The smallest absolute Gasteiger partial charge is 0.339 e. The van der Waals surface area contributed by atoms with Crippen LogP contribution in [0.2, 0.25) is 0 Å². The number of rotatable bonds is 3. The fourth-order valence-electron chi connectivity index (χ4n) is 2.54. The van der Waals surface area contributed by atoms with Crippen LogP contribution in [0.1, 0.15) is 27.6 Å². The summed E-state index contributed by atoms with van der Waals surface area (Å²) in [5.41, 5.74) is 1.95. The molecule has 1 aliphatic heterocycles. The molecule has 21 heavy (non-hydrogen) atoms. The zero-order valence-corrected chi connectivity index (χ0v) is 12.3. The standard InChI is InChI=1S/C16H14O4S/c1-11-6-5-9-13-14(20-16(17)15(11)13)10-21(18,19)12-7-3-2-4-8-12/h2-9,14H,10H2,1H3. The second kappa shape index (κ2) is 5.00. The molecule has 2 aromatic rings. The first-order valence-electron chi connectivity index (χ1n) is 6.57. The number of fused-ring (bicyclic) bond motifs is 1. The van der Waals surface area contributed by atoms with Crippen molar-refractivity contribution in [2.75, 3.05) is 5.75 Å². The Morgan fingerprint density at radius 3 is 2.48 bits per heavy atom. The number of hydrogen-bond donors (Lipinski definition) is 0. The molecule has 1 unspecified atom stereocenters. The van der Waals surface area contributed by atoms with Crippen molar-refractivity contribution in [2.45, 2.75) is 17.9 Å². The van der Waals surface area contributed by atoms with Gasteiger partial charge in [-0.05, 0) is 24.6 Å². The van der Waals surface area contributed by atoms with Crippen molar-refractivity contribution in [1.82, 2.24) is 0 Å². The van der Waals surface area contributed by atoms with Crippen molar-refractivity contribution in [1.29, 1.82) is 0 Å². The van der Waals surface area contributed by atoms with E-state index in [0.29, 0.717) is 11.1 Å². The molecule has 0 bridgehead atoms. The molecule has 0 aromatic heterocycles. The fourth-order valence-corrected chi connectivity index (χ4v) is 3.95. The molecule has 108 valence electrons. The quantitative estimate of drug-likeness (QED) is 0.818. The van der Waals surface area contributed by atoms with Gasteiger partial charge < -0.3 is 4.74 Å². The topological polar surface area (TPSA) is 60.4 Å². The van der Waals surface area contributed by atoms with Gasteiger partial charge in [0.2, 0.25) is 0 Å². The van der Waals surface area contributed by atoms with Crippen LogP contribution in [0.5, 0.6) is 0 Å². The maximum atomic E-state index is 12.4. The van der Waals surface area contributed by atoms with E-state index in [-0.39, 0.29) is 10.6 Å². The third-order valence-corrected chi connectivity index (χ3v) is 5.31.